The van der Waals surface area contributed by atoms with Crippen molar-refractivity contribution in [3.05, 3.63) is 59.2 Å². The molecular formula is C28H31N3O5. The lowest BCUT2D eigenvalue weighted by Crippen LogP contribution is -2.57. The molecule has 2 N–H and O–H groups in total. The van der Waals surface area contributed by atoms with Crippen molar-refractivity contribution < 1.29 is 24.2 Å². The lowest BCUT2D eigenvalue weighted by molar-refractivity contribution is -0.136. The first-order valence-corrected chi connectivity index (χ1v) is 12.9. The van der Waals surface area contributed by atoms with E-state index in [0.717, 1.165) is 43.7 Å². The maximum absolute atomic E-state index is 13.0. The van der Waals surface area contributed by atoms with Gasteiger partial charge >= 0.3 is 0 Å². The number of nitrogens with one attached hydrogen (secondary N) is 1. The lowest BCUT2D eigenvalue weighted by Gasteiger charge is -2.48. The van der Waals surface area contributed by atoms with Gasteiger partial charge in [0.15, 0.2) is 0 Å². The van der Waals surface area contributed by atoms with Crippen LogP contribution in [0.2, 0.25) is 0 Å². The van der Waals surface area contributed by atoms with Gasteiger partial charge in [-0.3, -0.25) is 24.6 Å². The molecule has 1 saturated carbocycles. The van der Waals surface area contributed by atoms with Crippen LogP contribution in [0, 0.1) is 0 Å². The molecule has 6 rings (SSSR count). The van der Waals surface area contributed by atoms with Crippen LogP contribution in [-0.4, -0.2) is 63.9 Å². The number of benzene rings is 2. The minimum absolute atomic E-state index is 0.0882. The molecule has 3 heterocycles. The number of hydrogen-bond acceptors (Lipinski definition) is 6. The number of fused-ring (bicyclic) bond motifs is 1. The topological polar surface area (TPSA) is 99.2 Å². The highest BCUT2D eigenvalue weighted by molar-refractivity contribution is 6.05. The summed E-state index contributed by atoms with van der Waals surface area (Å²) in [5, 5.41) is 12.2. The van der Waals surface area contributed by atoms with Crippen molar-refractivity contribution in [1.29, 1.82) is 0 Å². The molecule has 1 aliphatic carbocycles. The summed E-state index contributed by atoms with van der Waals surface area (Å²) in [4.78, 5) is 40.9. The highest BCUT2D eigenvalue weighted by Gasteiger charge is 2.41. The SMILES string of the molecule is O=C1CCC(N2Cc3cc(O[C@H]4CCCC[C@H]4N4CC(c5cccc(O)c5)C4)ccc3C2=O)C(=O)N1. The summed E-state index contributed by atoms with van der Waals surface area (Å²) in [5.74, 6) is 0.662. The molecule has 2 aromatic carbocycles. The fourth-order valence-electron chi connectivity index (χ4n) is 6.20. The van der Waals surface area contributed by atoms with Crippen molar-refractivity contribution in [3.8, 4) is 11.5 Å². The van der Waals surface area contributed by atoms with Crippen LogP contribution in [0.5, 0.6) is 11.5 Å². The number of piperidine rings is 1. The molecule has 3 aliphatic heterocycles. The average molecular weight is 490 g/mol. The Morgan fingerprint density at radius 3 is 2.61 bits per heavy atom. The van der Waals surface area contributed by atoms with Gasteiger partial charge in [0.25, 0.3) is 5.91 Å². The molecule has 3 atom stereocenters. The van der Waals surface area contributed by atoms with Gasteiger partial charge in [0, 0.05) is 43.6 Å². The Morgan fingerprint density at radius 2 is 1.81 bits per heavy atom. The van der Waals surface area contributed by atoms with Crippen LogP contribution in [0.15, 0.2) is 42.5 Å². The van der Waals surface area contributed by atoms with Gasteiger partial charge in [0.2, 0.25) is 11.8 Å². The van der Waals surface area contributed by atoms with Crippen LogP contribution >= 0.6 is 0 Å². The van der Waals surface area contributed by atoms with Crippen LogP contribution in [-0.2, 0) is 16.1 Å². The van der Waals surface area contributed by atoms with E-state index in [0.29, 0.717) is 36.2 Å². The highest BCUT2D eigenvalue weighted by atomic mass is 16.5. The second-order valence-electron chi connectivity index (χ2n) is 10.5. The van der Waals surface area contributed by atoms with Crippen molar-refractivity contribution in [1.82, 2.24) is 15.1 Å². The Bertz CT molecular complexity index is 1210. The first-order chi connectivity index (χ1) is 17.5. The van der Waals surface area contributed by atoms with E-state index in [1.165, 1.54) is 12.0 Å². The Labute approximate surface area is 210 Å². The minimum Gasteiger partial charge on any atom is -0.508 e. The Balaban J connectivity index is 1.12. The number of likely N-dealkylation sites (tertiary alicyclic amines) is 1. The third-order valence-corrected chi connectivity index (χ3v) is 8.17. The van der Waals surface area contributed by atoms with Crippen molar-refractivity contribution in [2.45, 2.75) is 69.2 Å². The van der Waals surface area contributed by atoms with Gasteiger partial charge in [-0.2, -0.15) is 0 Å². The van der Waals surface area contributed by atoms with Gasteiger partial charge in [-0.1, -0.05) is 18.6 Å². The van der Waals surface area contributed by atoms with Gasteiger partial charge in [-0.15, -0.1) is 0 Å². The van der Waals surface area contributed by atoms with Gasteiger partial charge in [0.1, 0.15) is 23.6 Å². The maximum atomic E-state index is 13.0. The number of aromatic hydroxyl groups is 1. The number of carbonyl (C=O) groups excluding carboxylic acids is 3. The minimum atomic E-state index is -0.611. The zero-order valence-corrected chi connectivity index (χ0v) is 20.2. The molecule has 0 aromatic heterocycles. The van der Waals surface area contributed by atoms with Gasteiger partial charge < -0.3 is 14.7 Å². The zero-order chi connectivity index (χ0) is 24.8. The molecule has 8 heteroatoms. The molecule has 0 radical (unpaired) electrons. The Morgan fingerprint density at radius 1 is 0.972 bits per heavy atom. The van der Waals surface area contributed by atoms with E-state index in [9.17, 15) is 19.5 Å². The lowest BCUT2D eigenvalue weighted by atomic mass is 9.84. The smallest absolute Gasteiger partial charge is 0.255 e. The number of hydrogen-bond donors (Lipinski definition) is 2. The van der Waals surface area contributed by atoms with E-state index in [4.69, 9.17) is 4.74 Å². The van der Waals surface area contributed by atoms with Gasteiger partial charge in [-0.25, -0.2) is 0 Å². The predicted molar refractivity (Wildman–Crippen MR) is 132 cm³/mol. The Hall–Kier alpha value is -3.39. The van der Waals surface area contributed by atoms with Crippen LogP contribution in [0.3, 0.4) is 0 Å². The third-order valence-electron chi connectivity index (χ3n) is 8.17. The van der Waals surface area contributed by atoms with Crippen molar-refractivity contribution in [3.63, 3.8) is 0 Å². The number of imide groups is 1. The van der Waals surface area contributed by atoms with Crippen molar-refractivity contribution in [2.24, 2.45) is 0 Å². The molecule has 36 heavy (non-hydrogen) atoms. The fraction of sp³-hybridized carbons (Fsp3) is 0.464. The summed E-state index contributed by atoms with van der Waals surface area (Å²) in [6, 6.07) is 12.9. The molecule has 0 spiro atoms. The normalized spacial score (nSPS) is 26.9. The van der Waals surface area contributed by atoms with E-state index in [-0.39, 0.29) is 24.3 Å². The third kappa shape index (κ3) is 4.23. The largest absolute Gasteiger partial charge is 0.508 e. The molecule has 4 aliphatic rings. The van der Waals surface area contributed by atoms with Crippen molar-refractivity contribution >= 4 is 17.7 Å². The monoisotopic (exact) mass is 489 g/mol. The van der Waals surface area contributed by atoms with Crippen LogP contribution in [0.1, 0.15) is 65.9 Å². The number of amides is 3. The Kier molecular flexibility index (Phi) is 5.91. The zero-order valence-electron chi connectivity index (χ0n) is 20.2. The second kappa shape index (κ2) is 9.24. The number of phenolic OH excluding ortho intramolecular Hbond substituents is 1. The number of carbonyl (C=O) groups is 3. The molecular weight excluding hydrogens is 458 g/mol. The molecule has 188 valence electrons. The van der Waals surface area contributed by atoms with Gasteiger partial charge in [0.05, 0.1) is 0 Å². The summed E-state index contributed by atoms with van der Waals surface area (Å²) in [7, 11) is 0. The fourth-order valence-corrected chi connectivity index (χ4v) is 6.20. The summed E-state index contributed by atoms with van der Waals surface area (Å²) in [6.07, 6.45) is 5.12. The summed E-state index contributed by atoms with van der Waals surface area (Å²) in [5.41, 5.74) is 2.65. The van der Waals surface area contributed by atoms with Crippen LogP contribution in [0.4, 0.5) is 0 Å². The maximum Gasteiger partial charge on any atom is 0.255 e. The molecule has 3 amide bonds. The van der Waals surface area contributed by atoms with E-state index >= 15 is 0 Å². The molecule has 1 unspecified atom stereocenters. The molecule has 2 saturated heterocycles. The molecule has 0 bridgehead atoms. The summed E-state index contributed by atoms with van der Waals surface area (Å²) >= 11 is 0. The highest BCUT2D eigenvalue weighted by Crippen LogP contribution is 2.37. The van der Waals surface area contributed by atoms with E-state index < -0.39 is 11.9 Å². The van der Waals surface area contributed by atoms with E-state index in [2.05, 4.69) is 16.3 Å². The summed E-state index contributed by atoms with van der Waals surface area (Å²) < 4.78 is 6.53. The summed E-state index contributed by atoms with van der Waals surface area (Å²) in [6.45, 7) is 2.28. The quantitative estimate of drug-likeness (QED) is 0.627. The van der Waals surface area contributed by atoms with Crippen molar-refractivity contribution in [2.75, 3.05) is 13.1 Å². The predicted octanol–water partition coefficient (Wildman–Crippen LogP) is 2.94. The number of rotatable bonds is 5. The molecule has 8 nitrogen and oxygen atoms in total. The van der Waals surface area contributed by atoms with E-state index in [1.807, 2.05) is 24.3 Å². The average Bonchev–Trinajstić information content (AvgIpc) is 3.15. The first-order valence-electron chi connectivity index (χ1n) is 12.9. The number of nitrogens with zero attached hydrogens (tertiary/aromatic N) is 2. The first kappa shape index (κ1) is 23.0. The van der Waals surface area contributed by atoms with Crippen LogP contribution in [0.25, 0.3) is 0 Å². The standard InChI is InChI=1S/C28H31N3O5/c32-20-5-3-4-17(12-20)19-14-30(15-19)23-6-1-2-7-25(23)36-21-8-9-22-18(13-21)16-31(28(22)35)24-10-11-26(33)29-27(24)34/h3-5,8-9,12-13,19,23-25,32H,1-2,6-7,10-11,14-16H2,(H,29,33,34)/t23-,24?,25+/m1/s1. The molecule has 2 aromatic rings. The number of ether oxygens (including phenoxy) is 1. The van der Waals surface area contributed by atoms with E-state index in [1.54, 1.807) is 17.0 Å². The second-order valence-corrected chi connectivity index (χ2v) is 10.5. The number of phenols is 1. The molecule has 3 fully saturated rings. The van der Waals surface area contributed by atoms with Crippen LogP contribution < -0.4 is 10.1 Å². The van der Waals surface area contributed by atoms with Gasteiger partial charge in [-0.05, 0) is 67.1 Å².